The molecule has 3 heterocycles. The number of hydrogen-bond acceptors (Lipinski definition) is 4. The Morgan fingerprint density at radius 2 is 2.03 bits per heavy atom. The molecule has 7 nitrogen and oxygen atoms in total. The molecule has 3 saturated heterocycles. The van der Waals surface area contributed by atoms with Crippen LogP contribution in [-0.4, -0.2) is 85.1 Å². The Bertz CT molecular complexity index is 747. The zero-order valence-corrected chi connectivity index (χ0v) is 18.2. The predicted octanol–water partition coefficient (Wildman–Crippen LogP) is 1.68. The largest absolute Gasteiger partial charge is 0.379 e. The number of hydrogen-bond donors (Lipinski definition) is 1. The summed E-state index contributed by atoms with van der Waals surface area (Å²) in [4.78, 5) is 23.8. The Hall–Kier alpha value is -2.12. The van der Waals surface area contributed by atoms with E-state index in [1.807, 2.05) is 4.90 Å². The summed E-state index contributed by atoms with van der Waals surface area (Å²) >= 11 is 0. The molecular formula is C23H35N5O2. The molecule has 3 aliphatic heterocycles. The molecule has 7 heteroatoms. The number of ether oxygens (including phenoxy) is 1. The molecule has 1 aromatic rings. The maximum absolute atomic E-state index is 11.9. The second kappa shape index (κ2) is 10.3. The van der Waals surface area contributed by atoms with Gasteiger partial charge in [-0.2, -0.15) is 0 Å². The number of aliphatic imine (C=N–C) groups is 1. The summed E-state index contributed by atoms with van der Waals surface area (Å²) in [6.45, 7) is 11.1. The maximum Gasteiger partial charge on any atom is 0.222 e. The molecule has 3 fully saturated rings. The van der Waals surface area contributed by atoms with Crippen LogP contribution in [0.2, 0.25) is 0 Å². The third-order valence-electron chi connectivity index (χ3n) is 6.31. The molecule has 3 aliphatic rings. The van der Waals surface area contributed by atoms with E-state index in [1.165, 1.54) is 17.5 Å². The smallest absolute Gasteiger partial charge is 0.222 e. The minimum Gasteiger partial charge on any atom is -0.379 e. The number of rotatable bonds is 6. The number of carbonyl (C=O) groups is 1. The number of guanidine groups is 1. The lowest BCUT2D eigenvalue weighted by atomic mass is 10.1. The van der Waals surface area contributed by atoms with Gasteiger partial charge in [-0.3, -0.25) is 9.69 Å². The molecule has 1 atom stereocenters. The highest BCUT2D eigenvalue weighted by atomic mass is 16.5. The zero-order valence-electron chi connectivity index (χ0n) is 18.2. The fraction of sp³-hybridized carbons (Fsp3) is 0.652. The molecule has 1 aromatic carbocycles. The Morgan fingerprint density at radius 3 is 2.80 bits per heavy atom. The lowest BCUT2D eigenvalue weighted by Gasteiger charge is -2.32. The average molecular weight is 414 g/mol. The number of carbonyl (C=O) groups excluding carboxylic acids is 1. The zero-order chi connectivity index (χ0) is 20.8. The van der Waals surface area contributed by atoms with Crippen LogP contribution < -0.4 is 5.32 Å². The van der Waals surface area contributed by atoms with Crippen molar-refractivity contribution in [2.45, 2.75) is 45.3 Å². The van der Waals surface area contributed by atoms with Crippen molar-refractivity contribution in [2.24, 2.45) is 4.99 Å². The highest BCUT2D eigenvalue weighted by Gasteiger charge is 2.30. The van der Waals surface area contributed by atoms with Crippen LogP contribution in [0.15, 0.2) is 29.3 Å². The summed E-state index contributed by atoms with van der Waals surface area (Å²) in [6, 6.07) is 9.11. The van der Waals surface area contributed by atoms with E-state index in [2.05, 4.69) is 46.3 Å². The van der Waals surface area contributed by atoms with Gasteiger partial charge in [0.05, 0.1) is 19.8 Å². The summed E-state index contributed by atoms with van der Waals surface area (Å²) < 4.78 is 5.50. The van der Waals surface area contributed by atoms with Crippen LogP contribution in [0.25, 0.3) is 0 Å². The van der Waals surface area contributed by atoms with Crippen LogP contribution in [-0.2, 0) is 22.6 Å². The minimum atomic E-state index is 0.275. The number of nitrogens with zero attached hydrogens (tertiary/aromatic N) is 4. The van der Waals surface area contributed by atoms with Crippen molar-refractivity contribution in [2.75, 3.05) is 52.5 Å². The quantitative estimate of drug-likeness (QED) is 0.568. The third-order valence-corrected chi connectivity index (χ3v) is 6.31. The van der Waals surface area contributed by atoms with E-state index in [1.54, 1.807) is 0 Å². The van der Waals surface area contributed by atoms with E-state index < -0.39 is 0 Å². The van der Waals surface area contributed by atoms with Crippen molar-refractivity contribution < 1.29 is 9.53 Å². The minimum absolute atomic E-state index is 0.275. The van der Waals surface area contributed by atoms with E-state index in [-0.39, 0.29) is 5.91 Å². The topological polar surface area (TPSA) is 60.4 Å². The van der Waals surface area contributed by atoms with Crippen molar-refractivity contribution >= 4 is 11.9 Å². The first kappa shape index (κ1) is 21.1. The molecule has 1 amide bonds. The third kappa shape index (κ3) is 5.32. The number of amides is 1. The van der Waals surface area contributed by atoms with Crippen molar-refractivity contribution in [3.63, 3.8) is 0 Å². The highest BCUT2D eigenvalue weighted by molar-refractivity contribution is 5.80. The van der Waals surface area contributed by atoms with Gasteiger partial charge in [-0.1, -0.05) is 24.3 Å². The monoisotopic (exact) mass is 413 g/mol. The molecule has 164 valence electrons. The molecule has 1 N–H and O–H groups in total. The molecular weight excluding hydrogens is 378 g/mol. The van der Waals surface area contributed by atoms with Gasteiger partial charge < -0.3 is 19.9 Å². The molecule has 0 aliphatic carbocycles. The van der Waals surface area contributed by atoms with Gasteiger partial charge >= 0.3 is 0 Å². The molecule has 30 heavy (non-hydrogen) atoms. The van der Waals surface area contributed by atoms with Gasteiger partial charge in [0.15, 0.2) is 5.96 Å². The molecule has 0 saturated carbocycles. The first-order valence-electron chi connectivity index (χ1n) is 11.4. The summed E-state index contributed by atoms with van der Waals surface area (Å²) in [5.74, 6) is 1.28. The van der Waals surface area contributed by atoms with Crippen LogP contribution >= 0.6 is 0 Å². The van der Waals surface area contributed by atoms with Gasteiger partial charge in [0, 0.05) is 58.3 Å². The summed E-state index contributed by atoms with van der Waals surface area (Å²) in [7, 11) is 0. The molecule has 0 spiro atoms. The van der Waals surface area contributed by atoms with Crippen molar-refractivity contribution in [1.82, 2.24) is 20.0 Å². The summed E-state index contributed by atoms with van der Waals surface area (Å²) in [5, 5.41) is 3.48. The van der Waals surface area contributed by atoms with Gasteiger partial charge in [0.25, 0.3) is 0 Å². The Kier molecular flexibility index (Phi) is 7.23. The van der Waals surface area contributed by atoms with Gasteiger partial charge in [-0.25, -0.2) is 4.99 Å². The summed E-state index contributed by atoms with van der Waals surface area (Å²) in [6.07, 6.45) is 2.86. The van der Waals surface area contributed by atoms with Crippen LogP contribution in [0.1, 0.15) is 37.3 Å². The van der Waals surface area contributed by atoms with E-state index in [0.29, 0.717) is 25.6 Å². The fourth-order valence-corrected chi connectivity index (χ4v) is 4.68. The Morgan fingerprint density at radius 1 is 1.20 bits per heavy atom. The maximum atomic E-state index is 11.9. The van der Waals surface area contributed by atoms with Gasteiger partial charge in [0.1, 0.15) is 0 Å². The molecule has 0 aromatic heterocycles. The number of benzene rings is 1. The second-order valence-corrected chi connectivity index (χ2v) is 8.45. The number of nitrogens with one attached hydrogen (secondary N) is 1. The van der Waals surface area contributed by atoms with E-state index in [9.17, 15) is 4.79 Å². The average Bonchev–Trinajstić information content (AvgIpc) is 3.42. The van der Waals surface area contributed by atoms with Crippen molar-refractivity contribution in [3.8, 4) is 0 Å². The van der Waals surface area contributed by atoms with Crippen LogP contribution in [0.4, 0.5) is 0 Å². The molecule has 0 bridgehead atoms. The van der Waals surface area contributed by atoms with Gasteiger partial charge in [-0.05, 0) is 30.9 Å². The first-order valence-corrected chi connectivity index (χ1v) is 11.4. The standard InChI is InChI=1S/C23H35N5O2/c1-2-24-23(28-10-8-21(18-28)26-11-13-30-14-12-26)25-16-19-5-3-6-20(15-19)17-27-9-4-7-22(27)29/h3,5-6,15,21H,2,4,7-14,16-18H2,1H3,(H,24,25). The van der Waals surface area contributed by atoms with Crippen molar-refractivity contribution in [1.29, 1.82) is 0 Å². The summed E-state index contributed by atoms with van der Waals surface area (Å²) in [5.41, 5.74) is 2.38. The Labute approximate surface area is 180 Å². The van der Waals surface area contributed by atoms with Crippen molar-refractivity contribution in [3.05, 3.63) is 35.4 Å². The van der Waals surface area contributed by atoms with Crippen LogP contribution in [0.5, 0.6) is 0 Å². The predicted molar refractivity (Wildman–Crippen MR) is 118 cm³/mol. The molecule has 0 radical (unpaired) electrons. The molecule has 4 rings (SSSR count). The lowest BCUT2D eigenvalue weighted by molar-refractivity contribution is -0.128. The fourth-order valence-electron chi connectivity index (χ4n) is 4.68. The highest BCUT2D eigenvalue weighted by Crippen LogP contribution is 2.18. The van der Waals surface area contributed by atoms with E-state index in [0.717, 1.165) is 64.9 Å². The van der Waals surface area contributed by atoms with E-state index in [4.69, 9.17) is 9.73 Å². The lowest BCUT2D eigenvalue weighted by Crippen LogP contribution is -2.46. The van der Waals surface area contributed by atoms with Gasteiger partial charge in [0.2, 0.25) is 5.91 Å². The SMILES string of the molecule is CCNC(=NCc1cccc(CN2CCCC2=O)c1)N1CCC(N2CCOCC2)C1. The second-order valence-electron chi connectivity index (χ2n) is 8.45. The first-order chi connectivity index (χ1) is 14.7. The van der Waals surface area contributed by atoms with Gasteiger partial charge in [-0.15, -0.1) is 0 Å². The Balaban J connectivity index is 1.37. The number of morpholine rings is 1. The van der Waals surface area contributed by atoms with Crippen LogP contribution in [0.3, 0.4) is 0 Å². The normalized spacial score (nSPS) is 23.4. The molecule has 1 unspecified atom stereocenters. The van der Waals surface area contributed by atoms with Crippen LogP contribution in [0, 0.1) is 0 Å². The van der Waals surface area contributed by atoms with E-state index >= 15 is 0 Å². The number of likely N-dealkylation sites (tertiary alicyclic amines) is 2.